The lowest BCUT2D eigenvalue weighted by Gasteiger charge is -2.09. The minimum absolute atomic E-state index is 0.0147. The molecule has 172 valence electrons. The number of hydrogen-bond donors (Lipinski definition) is 1. The fourth-order valence-electron chi connectivity index (χ4n) is 4.12. The van der Waals surface area contributed by atoms with E-state index >= 15 is 0 Å². The second-order valence-corrected chi connectivity index (χ2v) is 10.1. The zero-order valence-corrected chi connectivity index (χ0v) is 19.8. The van der Waals surface area contributed by atoms with Gasteiger partial charge in [0.05, 0.1) is 11.4 Å². The third-order valence-corrected chi connectivity index (χ3v) is 7.57. The van der Waals surface area contributed by atoms with Crippen LogP contribution < -0.4 is 10.5 Å². The molecular formula is C26H22ClN3O3S. The second-order valence-electron chi connectivity index (χ2n) is 7.86. The van der Waals surface area contributed by atoms with E-state index in [1.54, 1.807) is 41.1 Å². The molecule has 5 aromatic rings. The Morgan fingerprint density at radius 2 is 1.65 bits per heavy atom. The molecule has 0 aliphatic rings. The van der Waals surface area contributed by atoms with Gasteiger partial charge in [-0.15, -0.1) is 0 Å². The first-order chi connectivity index (χ1) is 16.5. The highest BCUT2D eigenvalue weighted by Gasteiger charge is 2.28. The number of benzene rings is 4. The van der Waals surface area contributed by atoms with Gasteiger partial charge in [0.2, 0.25) is 9.84 Å². The molecule has 0 bridgehead atoms. The highest BCUT2D eigenvalue weighted by atomic mass is 35.5. The van der Waals surface area contributed by atoms with E-state index in [0.29, 0.717) is 46.8 Å². The summed E-state index contributed by atoms with van der Waals surface area (Å²) in [6.45, 7) is 0.956. The molecule has 0 saturated heterocycles. The minimum atomic E-state index is -3.95. The van der Waals surface area contributed by atoms with Crippen LogP contribution in [0.4, 0.5) is 0 Å². The summed E-state index contributed by atoms with van der Waals surface area (Å²) in [6, 6.07) is 25.4. The fourth-order valence-corrected chi connectivity index (χ4v) is 5.93. The van der Waals surface area contributed by atoms with Crippen molar-refractivity contribution in [2.45, 2.75) is 16.5 Å². The molecule has 0 unspecified atom stereocenters. The number of nitrogens with zero attached hydrogens (tertiary/aromatic N) is 2. The number of rotatable bonds is 7. The normalized spacial score (nSPS) is 11.8. The van der Waals surface area contributed by atoms with Crippen LogP contribution in [0.1, 0.15) is 5.56 Å². The number of fused-ring (bicyclic) bond motifs is 2. The van der Waals surface area contributed by atoms with Crippen LogP contribution in [-0.4, -0.2) is 31.3 Å². The van der Waals surface area contributed by atoms with Crippen molar-refractivity contribution < 1.29 is 13.2 Å². The lowest BCUT2D eigenvalue weighted by Crippen LogP contribution is -2.11. The smallest absolute Gasteiger partial charge is 0.226 e. The van der Waals surface area contributed by atoms with Crippen LogP contribution in [0.3, 0.4) is 0 Å². The van der Waals surface area contributed by atoms with Crippen molar-refractivity contribution in [1.82, 2.24) is 9.78 Å². The Morgan fingerprint density at radius 3 is 2.47 bits per heavy atom. The van der Waals surface area contributed by atoms with E-state index in [9.17, 15) is 8.42 Å². The average molecular weight is 492 g/mol. The number of hydrogen-bond acceptors (Lipinski definition) is 5. The average Bonchev–Trinajstić information content (AvgIpc) is 3.22. The predicted molar refractivity (Wildman–Crippen MR) is 134 cm³/mol. The van der Waals surface area contributed by atoms with Crippen molar-refractivity contribution in [3.8, 4) is 5.75 Å². The van der Waals surface area contributed by atoms with Crippen molar-refractivity contribution in [2.24, 2.45) is 5.73 Å². The number of sulfone groups is 1. The third-order valence-electron chi connectivity index (χ3n) is 5.59. The van der Waals surface area contributed by atoms with Crippen molar-refractivity contribution in [2.75, 3.05) is 13.2 Å². The van der Waals surface area contributed by atoms with Crippen LogP contribution in [0.5, 0.6) is 5.75 Å². The number of para-hydroxylation sites is 1. The largest absolute Gasteiger partial charge is 0.490 e. The summed E-state index contributed by atoms with van der Waals surface area (Å²) in [5.41, 5.74) is 7.12. The monoisotopic (exact) mass is 491 g/mol. The molecule has 1 heterocycles. The van der Waals surface area contributed by atoms with Crippen molar-refractivity contribution in [3.63, 3.8) is 0 Å². The maximum atomic E-state index is 13.9. The zero-order valence-electron chi connectivity index (χ0n) is 18.2. The summed E-state index contributed by atoms with van der Waals surface area (Å²) in [5, 5.41) is 7.18. The molecule has 0 spiro atoms. The van der Waals surface area contributed by atoms with E-state index in [1.807, 2.05) is 48.5 Å². The van der Waals surface area contributed by atoms with Gasteiger partial charge in [0.1, 0.15) is 17.9 Å². The molecule has 34 heavy (non-hydrogen) atoms. The van der Waals surface area contributed by atoms with Gasteiger partial charge in [0, 0.05) is 22.3 Å². The van der Waals surface area contributed by atoms with Crippen LogP contribution in [0.2, 0.25) is 5.02 Å². The first-order valence-corrected chi connectivity index (χ1v) is 12.6. The van der Waals surface area contributed by atoms with E-state index in [-0.39, 0.29) is 9.92 Å². The Hall–Kier alpha value is -3.39. The predicted octanol–water partition coefficient (Wildman–Crippen LogP) is 5.06. The second kappa shape index (κ2) is 9.10. The SMILES string of the molecule is NCCOc1cccc2c(S(=O)(=O)c3cccc4ccccc34)nn(Cc3cccc(Cl)c3)c12. The van der Waals surface area contributed by atoms with Crippen LogP contribution in [0.15, 0.2) is 94.9 Å². The molecule has 0 saturated carbocycles. The topological polar surface area (TPSA) is 87.2 Å². The van der Waals surface area contributed by atoms with E-state index in [2.05, 4.69) is 5.10 Å². The first-order valence-electron chi connectivity index (χ1n) is 10.8. The van der Waals surface area contributed by atoms with Gasteiger partial charge in [-0.3, -0.25) is 4.68 Å². The number of halogens is 1. The van der Waals surface area contributed by atoms with Gasteiger partial charge in [-0.05, 0) is 41.3 Å². The van der Waals surface area contributed by atoms with Crippen LogP contribution in [0.25, 0.3) is 21.7 Å². The van der Waals surface area contributed by atoms with E-state index in [4.69, 9.17) is 22.1 Å². The molecule has 8 heteroatoms. The molecule has 0 amide bonds. The molecule has 5 rings (SSSR count). The van der Waals surface area contributed by atoms with Gasteiger partial charge >= 0.3 is 0 Å². The van der Waals surface area contributed by atoms with Crippen LogP contribution in [0, 0.1) is 0 Å². The highest BCUT2D eigenvalue weighted by Crippen LogP contribution is 2.35. The van der Waals surface area contributed by atoms with E-state index in [1.165, 1.54) is 0 Å². The lowest BCUT2D eigenvalue weighted by atomic mass is 10.1. The molecule has 0 atom stereocenters. The van der Waals surface area contributed by atoms with Crippen molar-refractivity contribution in [1.29, 1.82) is 0 Å². The van der Waals surface area contributed by atoms with Crippen LogP contribution in [-0.2, 0) is 16.4 Å². The summed E-state index contributed by atoms with van der Waals surface area (Å²) >= 11 is 6.18. The maximum absolute atomic E-state index is 13.9. The highest BCUT2D eigenvalue weighted by molar-refractivity contribution is 7.91. The third kappa shape index (κ3) is 4.03. The van der Waals surface area contributed by atoms with Crippen LogP contribution >= 0.6 is 11.6 Å². The summed E-state index contributed by atoms with van der Waals surface area (Å²) in [6.07, 6.45) is 0. The van der Waals surface area contributed by atoms with Gasteiger partial charge < -0.3 is 10.5 Å². The zero-order chi connectivity index (χ0) is 23.7. The molecule has 0 fully saturated rings. The fraction of sp³-hybridized carbons (Fsp3) is 0.115. The molecule has 0 aliphatic heterocycles. The molecular weight excluding hydrogens is 470 g/mol. The number of aromatic nitrogens is 2. The molecule has 1 aromatic heterocycles. The first kappa shape index (κ1) is 22.4. The van der Waals surface area contributed by atoms with Crippen molar-refractivity contribution >= 4 is 43.1 Å². The summed E-state index contributed by atoms with van der Waals surface area (Å²) in [7, 11) is -3.95. The lowest BCUT2D eigenvalue weighted by molar-refractivity contribution is 0.330. The molecule has 6 nitrogen and oxygen atoms in total. The van der Waals surface area contributed by atoms with Gasteiger partial charge in [0.25, 0.3) is 0 Å². The number of nitrogens with two attached hydrogens (primary N) is 1. The Bertz CT molecular complexity index is 1610. The Kier molecular flexibility index (Phi) is 6.00. The number of ether oxygens (including phenoxy) is 1. The molecule has 2 N–H and O–H groups in total. The van der Waals surface area contributed by atoms with Gasteiger partial charge in [-0.2, -0.15) is 5.10 Å². The molecule has 4 aromatic carbocycles. The Balaban J connectivity index is 1.74. The van der Waals surface area contributed by atoms with Crippen molar-refractivity contribution in [3.05, 3.63) is 95.5 Å². The van der Waals surface area contributed by atoms with E-state index in [0.717, 1.165) is 10.9 Å². The molecule has 0 aliphatic carbocycles. The van der Waals surface area contributed by atoms with Gasteiger partial charge in [0.15, 0.2) is 5.03 Å². The van der Waals surface area contributed by atoms with Gasteiger partial charge in [-0.25, -0.2) is 8.42 Å². The van der Waals surface area contributed by atoms with Gasteiger partial charge in [-0.1, -0.05) is 66.2 Å². The summed E-state index contributed by atoms with van der Waals surface area (Å²) < 4.78 is 35.4. The summed E-state index contributed by atoms with van der Waals surface area (Å²) in [5.74, 6) is 0.525. The minimum Gasteiger partial charge on any atom is -0.490 e. The Labute approximate surface area is 202 Å². The summed E-state index contributed by atoms with van der Waals surface area (Å²) in [4.78, 5) is 0.216. The van der Waals surface area contributed by atoms with E-state index < -0.39 is 9.84 Å². The Morgan fingerprint density at radius 1 is 0.912 bits per heavy atom. The molecule has 0 radical (unpaired) electrons. The standard InChI is InChI=1S/C26H22ClN3O3S/c27-20-9-3-6-18(16-20)17-30-25-22(11-5-12-23(25)33-15-14-28)26(29-30)34(31,32)24-13-4-8-19-7-1-2-10-21(19)24/h1-13,16H,14-15,17,28H2. The quantitative estimate of drug-likeness (QED) is 0.344. The maximum Gasteiger partial charge on any atom is 0.226 e.